The van der Waals surface area contributed by atoms with Crippen molar-refractivity contribution < 1.29 is 14.6 Å². The Morgan fingerprint density at radius 3 is 2.78 bits per heavy atom. The fourth-order valence-corrected chi connectivity index (χ4v) is 1.88. The highest BCUT2D eigenvalue weighted by Gasteiger charge is 2.16. The summed E-state index contributed by atoms with van der Waals surface area (Å²) in [6.45, 7) is 0. The largest absolute Gasteiger partial charge is 0.507 e. The number of nitrogens with two attached hydrogens (primary N) is 2. The van der Waals surface area contributed by atoms with E-state index in [1.165, 1.54) is 31.4 Å². The fourth-order valence-electron chi connectivity index (χ4n) is 1.88. The summed E-state index contributed by atoms with van der Waals surface area (Å²) in [4.78, 5) is 18.8. The lowest BCUT2D eigenvalue weighted by molar-refractivity contribution is -0.134. The normalized spacial score (nSPS) is 10.4. The average molecular weight is 311 g/mol. The van der Waals surface area contributed by atoms with E-state index in [0.29, 0.717) is 5.56 Å². The maximum Gasteiger partial charge on any atom is 0.330 e. The van der Waals surface area contributed by atoms with Crippen molar-refractivity contribution in [2.45, 2.75) is 0 Å². The second kappa shape index (κ2) is 6.44. The maximum atomic E-state index is 11.1. The Bertz CT molecular complexity index is 840. The predicted molar refractivity (Wildman–Crippen MR) is 83.7 cm³/mol. The summed E-state index contributed by atoms with van der Waals surface area (Å²) in [5.74, 6) is -0.835. The molecule has 0 atom stereocenters. The van der Waals surface area contributed by atoms with E-state index in [2.05, 4.69) is 14.7 Å². The average Bonchev–Trinajstić information content (AvgIpc) is 2.53. The lowest BCUT2D eigenvalue weighted by Crippen LogP contribution is -2.05. The molecule has 23 heavy (non-hydrogen) atoms. The number of esters is 1. The van der Waals surface area contributed by atoms with Crippen molar-refractivity contribution in [3.05, 3.63) is 35.4 Å². The van der Waals surface area contributed by atoms with Crippen molar-refractivity contribution in [1.29, 1.82) is 5.26 Å². The molecule has 8 nitrogen and oxygen atoms in total. The van der Waals surface area contributed by atoms with E-state index in [9.17, 15) is 15.2 Å². The van der Waals surface area contributed by atoms with Crippen LogP contribution in [0.2, 0.25) is 0 Å². The molecule has 1 aromatic carbocycles. The third-order valence-electron chi connectivity index (χ3n) is 2.95. The van der Waals surface area contributed by atoms with Crippen molar-refractivity contribution in [2.24, 2.45) is 0 Å². The van der Waals surface area contributed by atoms with E-state index in [1.807, 2.05) is 6.07 Å². The van der Waals surface area contributed by atoms with Gasteiger partial charge in [-0.3, -0.25) is 0 Å². The first-order chi connectivity index (χ1) is 11.0. The molecule has 0 aliphatic heterocycles. The Balaban J connectivity index is 2.59. The number of ether oxygens (including phenoxy) is 1. The minimum Gasteiger partial charge on any atom is -0.507 e. The minimum atomic E-state index is -0.520. The predicted octanol–water partition coefficient (Wildman–Crippen LogP) is 1.07. The number of nitriles is 1. The smallest absolute Gasteiger partial charge is 0.330 e. The first-order valence-corrected chi connectivity index (χ1v) is 6.38. The molecule has 0 aliphatic carbocycles. The van der Waals surface area contributed by atoms with Crippen molar-refractivity contribution in [2.75, 3.05) is 18.6 Å². The summed E-state index contributed by atoms with van der Waals surface area (Å²) in [7, 11) is 1.26. The molecule has 0 unspecified atom stereocenters. The van der Waals surface area contributed by atoms with E-state index in [-0.39, 0.29) is 34.3 Å². The van der Waals surface area contributed by atoms with Crippen LogP contribution in [0.1, 0.15) is 11.1 Å². The van der Waals surface area contributed by atoms with Crippen LogP contribution in [0.15, 0.2) is 24.3 Å². The Hall–Kier alpha value is -3.60. The molecule has 0 fully saturated rings. The number of carbonyl (C=O) groups is 1. The molecule has 116 valence electrons. The fraction of sp³-hybridized carbons (Fsp3) is 0.0667. The third kappa shape index (κ3) is 3.36. The van der Waals surface area contributed by atoms with Gasteiger partial charge in [0.2, 0.25) is 5.95 Å². The minimum absolute atomic E-state index is 0.00333. The Kier molecular flexibility index (Phi) is 4.42. The van der Waals surface area contributed by atoms with Crippen LogP contribution in [0, 0.1) is 11.3 Å². The number of carbonyl (C=O) groups excluding carboxylic acids is 1. The number of anilines is 2. The van der Waals surface area contributed by atoms with Crippen molar-refractivity contribution in [3.63, 3.8) is 0 Å². The molecule has 0 amide bonds. The number of nitrogen functional groups attached to an aromatic ring is 2. The number of phenolic OH excluding ortho intramolecular Hbond substituents is 1. The summed E-state index contributed by atoms with van der Waals surface area (Å²) < 4.78 is 4.51. The molecule has 0 aliphatic rings. The van der Waals surface area contributed by atoms with Gasteiger partial charge in [-0.05, 0) is 23.8 Å². The topological polar surface area (TPSA) is 148 Å². The molecule has 2 aromatic rings. The van der Waals surface area contributed by atoms with Gasteiger partial charge in [0.1, 0.15) is 23.2 Å². The monoisotopic (exact) mass is 311 g/mol. The van der Waals surface area contributed by atoms with Crippen LogP contribution in [0.4, 0.5) is 11.8 Å². The summed E-state index contributed by atoms with van der Waals surface area (Å²) in [6.07, 6.45) is 2.72. The molecule has 5 N–H and O–H groups in total. The molecule has 0 saturated heterocycles. The van der Waals surface area contributed by atoms with Crippen LogP contribution in [0.5, 0.6) is 5.75 Å². The van der Waals surface area contributed by atoms with Gasteiger partial charge < -0.3 is 21.3 Å². The van der Waals surface area contributed by atoms with Crippen molar-refractivity contribution >= 4 is 23.8 Å². The molecule has 0 spiro atoms. The molecule has 1 aromatic heterocycles. The summed E-state index contributed by atoms with van der Waals surface area (Å²) >= 11 is 0. The SMILES string of the molecule is COC(=O)C=Cc1ccc(O)c(-c2nc(N)nc(N)c2C#N)c1. The summed E-state index contributed by atoms with van der Waals surface area (Å²) in [6, 6.07) is 6.41. The zero-order chi connectivity index (χ0) is 17.0. The molecule has 0 bridgehead atoms. The number of hydrogen-bond donors (Lipinski definition) is 3. The van der Waals surface area contributed by atoms with Gasteiger partial charge in [-0.25, -0.2) is 9.78 Å². The van der Waals surface area contributed by atoms with Crippen LogP contribution in [0.3, 0.4) is 0 Å². The molecule has 0 saturated carbocycles. The van der Waals surface area contributed by atoms with E-state index in [1.54, 1.807) is 6.07 Å². The van der Waals surface area contributed by atoms with Gasteiger partial charge in [0, 0.05) is 11.6 Å². The zero-order valence-corrected chi connectivity index (χ0v) is 12.1. The van der Waals surface area contributed by atoms with Gasteiger partial charge >= 0.3 is 5.97 Å². The molecule has 0 radical (unpaired) electrons. The number of rotatable bonds is 3. The number of aromatic hydroxyl groups is 1. The van der Waals surface area contributed by atoms with Crippen LogP contribution >= 0.6 is 0 Å². The van der Waals surface area contributed by atoms with Crippen molar-refractivity contribution in [3.8, 4) is 23.1 Å². The van der Waals surface area contributed by atoms with E-state index in [0.717, 1.165) is 0 Å². The lowest BCUT2D eigenvalue weighted by atomic mass is 10.0. The number of phenols is 1. The molecule has 2 rings (SSSR count). The highest BCUT2D eigenvalue weighted by Crippen LogP contribution is 2.33. The Morgan fingerprint density at radius 1 is 1.39 bits per heavy atom. The second-order valence-electron chi connectivity index (χ2n) is 4.44. The molecular weight excluding hydrogens is 298 g/mol. The van der Waals surface area contributed by atoms with Crippen LogP contribution < -0.4 is 11.5 Å². The van der Waals surface area contributed by atoms with Crippen molar-refractivity contribution in [1.82, 2.24) is 9.97 Å². The lowest BCUT2D eigenvalue weighted by Gasteiger charge is -2.09. The number of hydrogen-bond acceptors (Lipinski definition) is 8. The molecule has 8 heteroatoms. The Morgan fingerprint density at radius 2 is 2.13 bits per heavy atom. The molecule has 1 heterocycles. The van der Waals surface area contributed by atoms with Gasteiger partial charge in [-0.15, -0.1) is 0 Å². The third-order valence-corrected chi connectivity index (χ3v) is 2.95. The number of nitrogens with zero attached hydrogens (tertiary/aromatic N) is 3. The number of benzene rings is 1. The van der Waals surface area contributed by atoms with E-state index in [4.69, 9.17) is 11.5 Å². The number of aromatic nitrogens is 2. The van der Waals surface area contributed by atoms with Gasteiger partial charge in [-0.1, -0.05) is 6.07 Å². The first-order valence-electron chi connectivity index (χ1n) is 6.38. The van der Waals surface area contributed by atoms with Gasteiger partial charge in [0.05, 0.1) is 12.8 Å². The summed E-state index contributed by atoms with van der Waals surface area (Å²) in [5.41, 5.74) is 12.2. The van der Waals surface area contributed by atoms with Gasteiger partial charge in [0.15, 0.2) is 0 Å². The van der Waals surface area contributed by atoms with Crippen LogP contribution in [-0.4, -0.2) is 28.2 Å². The highest BCUT2D eigenvalue weighted by atomic mass is 16.5. The summed E-state index contributed by atoms with van der Waals surface area (Å²) in [5, 5.41) is 19.3. The Labute approximate surface area is 131 Å². The second-order valence-corrected chi connectivity index (χ2v) is 4.44. The number of methoxy groups -OCH3 is 1. The highest BCUT2D eigenvalue weighted by molar-refractivity contribution is 5.87. The van der Waals surface area contributed by atoms with E-state index >= 15 is 0 Å². The van der Waals surface area contributed by atoms with E-state index < -0.39 is 5.97 Å². The van der Waals surface area contributed by atoms with Crippen LogP contribution in [-0.2, 0) is 9.53 Å². The van der Waals surface area contributed by atoms with Gasteiger partial charge in [-0.2, -0.15) is 10.2 Å². The standard InChI is InChI=1S/C15H13N5O3/c1-23-12(22)5-3-8-2-4-11(21)9(6-8)13-10(7-16)14(17)20-15(18)19-13/h2-6,21H,1H3,(H4,17,18,19,20). The molecular formula is C15H13N5O3. The zero-order valence-electron chi connectivity index (χ0n) is 12.1. The maximum absolute atomic E-state index is 11.1. The van der Waals surface area contributed by atoms with Gasteiger partial charge in [0.25, 0.3) is 0 Å². The quantitative estimate of drug-likeness (QED) is 0.563. The van der Waals surface area contributed by atoms with Crippen LogP contribution in [0.25, 0.3) is 17.3 Å². The first kappa shape index (κ1) is 15.8.